The fourth-order valence-electron chi connectivity index (χ4n) is 3.28. The lowest BCUT2D eigenvalue weighted by Crippen LogP contribution is -2.57. The molecule has 8 heteroatoms. The number of halogens is 1. The summed E-state index contributed by atoms with van der Waals surface area (Å²) in [6, 6.07) is 13.5. The van der Waals surface area contributed by atoms with E-state index >= 15 is 0 Å². The predicted molar refractivity (Wildman–Crippen MR) is 119 cm³/mol. The molecule has 0 aliphatic carbocycles. The van der Waals surface area contributed by atoms with Crippen LogP contribution in [0.2, 0.25) is 0 Å². The normalized spacial score (nSPS) is 15.9. The number of hydrogen-bond acceptors (Lipinski definition) is 5. The number of carbonyl (C=O) groups is 3. The van der Waals surface area contributed by atoms with Crippen molar-refractivity contribution in [3.63, 3.8) is 0 Å². The molecule has 2 aromatic rings. The van der Waals surface area contributed by atoms with Crippen molar-refractivity contribution < 1.29 is 23.9 Å². The van der Waals surface area contributed by atoms with Gasteiger partial charge >= 0.3 is 5.97 Å². The quantitative estimate of drug-likeness (QED) is 0.576. The van der Waals surface area contributed by atoms with E-state index in [4.69, 9.17) is 9.47 Å². The van der Waals surface area contributed by atoms with E-state index in [-0.39, 0.29) is 24.8 Å². The minimum absolute atomic E-state index is 0.114. The molecule has 2 aromatic carbocycles. The van der Waals surface area contributed by atoms with Crippen LogP contribution in [0.25, 0.3) is 0 Å². The van der Waals surface area contributed by atoms with Crippen molar-refractivity contribution in [3.8, 4) is 5.75 Å². The maximum Gasteiger partial charge on any atom is 0.308 e. The summed E-state index contributed by atoms with van der Waals surface area (Å²) in [5, 5.41) is 2.73. The second-order valence-electron chi connectivity index (χ2n) is 7.14. The predicted octanol–water partition coefficient (Wildman–Crippen LogP) is 3.31. The van der Waals surface area contributed by atoms with E-state index in [1.807, 2.05) is 37.3 Å². The van der Waals surface area contributed by atoms with Gasteiger partial charge in [0.2, 0.25) is 5.91 Å². The Morgan fingerprint density at radius 1 is 1.19 bits per heavy atom. The van der Waals surface area contributed by atoms with Crippen LogP contribution in [0.1, 0.15) is 35.7 Å². The van der Waals surface area contributed by atoms with Gasteiger partial charge in [0.25, 0.3) is 5.91 Å². The standard InChI is InChI=1S/C23H25BrN2O5/c1-2-12-30-20-9-8-17(24)13-18(20)23(29)26-11-10-25-22(28)19(26)14-21(27)31-15-16-6-4-3-5-7-16/h3-9,13,19H,2,10-12,14-15H2,1H3,(H,25,28). The minimum atomic E-state index is -0.942. The number of carbonyl (C=O) groups excluding carboxylic acids is 3. The van der Waals surface area contributed by atoms with Crippen LogP contribution >= 0.6 is 15.9 Å². The topological polar surface area (TPSA) is 84.9 Å². The molecule has 1 aliphatic heterocycles. The summed E-state index contributed by atoms with van der Waals surface area (Å²) in [7, 11) is 0. The molecule has 0 radical (unpaired) electrons. The maximum atomic E-state index is 13.3. The van der Waals surface area contributed by atoms with Gasteiger partial charge in [-0.2, -0.15) is 0 Å². The molecule has 1 fully saturated rings. The number of rotatable bonds is 8. The number of piperazine rings is 1. The van der Waals surface area contributed by atoms with Crippen LogP contribution in [0.3, 0.4) is 0 Å². The van der Waals surface area contributed by atoms with Crippen LogP contribution in [0.5, 0.6) is 5.75 Å². The van der Waals surface area contributed by atoms with Crippen molar-refractivity contribution in [2.75, 3.05) is 19.7 Å². The summed E-state index contributed by atoms with van der Waals surface area (Å²) < 4.78 is 11.8. The molecule has 1 saturated heterocycles. The molecule has 1 unspecified atom stereocenters. The Morgan fingerprint density at radius 2 is 1.97 bits per heavy atom. The van der Waals surface area contributed by atoms with E-state index in [0.717, 1.165) is 16.5 Å². The first kappa shape index (κ1) is 22.8. The van der Waals surface area contributed by atoms with Gasteiger partial charge in [-0.3, -0.25) is 14.4 Å². The van der Waals surface area contributed by atoms with Gasteiger partial charge in [0.15, 0.2) is 0 Å². The third kappa shape index (κ3) is 6.07. The van der Waals surface area contributed by atoms with Gasteiger partial charge in [-0.05, 0) is 30.2 Å². The van der Waals surface area contributed by atoms with Crippen LogP contribution in [-0.4, -0.2) is 48.4 Å². The Labute approximate surface area is 189 Å². The van der Waals surface area contributed by atoms with E-state index in [1.54, 1.807) is 18.2 Å². The van der Waals surface area contributed by atoms with Crippen molar-refractivity contribution in [2.24, 2.45) is 0 Å². The summed E-state index contributed by atoms with van der Waals surface area (Å²) in [5.74, 6) is -0.822. The molecule has 1 atom stereocenters. The highest BCUT2D eigenvalue weighted by Gasteiger charge is 2.36. The van der Waals surface area contributed by atoms with Crippen molar-refractivity contribution in [3.05, 3.63) is 64.1 Å². The van der Waals surface area contributed by atoms with Crippen LogP contribution in [0, 0.1) is 0 Å². The molecule has 0 spiro atoms. The first-order chi connectivity index (χ1) is 15.0. The van der Waals surface area contributed by atoms with Crippen LogP contribution in [0.4, 0.5) is 0 Å². The highest BCUT2D eigenvalue weighted by atomic mass is 79.9. The molecular weight excluding hydrogens is 464 g/mol. The number of amides is 2. The van der Waals surface area contributed by atoms with Gasteiger partial charge in [-0.15, -0.1) is 0 Å². The monoisotopic (exact) mass is 488 g/mol. The Kier molecular flexibility index (Phi) is 8.06. The van der Waals surface area contributed by atoms with Crippen LogP contribution < -0.4 is 10.1 Å². The zero-order valence-corrected chi connectivity index (χ0v) is 18.9. The second-order valence-corrected chi connectivity index (χ2v) is 8.06. The maximum absolute atomic E-state index is 13.3. The Hall–Kier alpha value is -2.87. The van der Waals surface area contributed by atoms with E-state index in [1.165, 1.54) is 4.90 Å². The third-order valence-corrected chi connectivity index (χ3v) is 5.32. The Bertz CT molecular complexity index is 935. The lowest BCUT2D eigenvalue weighted by molar-refractivity contribution is -0.148. The molecule has 0 bridgehead atoms. The van der Waals surface area contributed by atoms with E-state index in [0.29, 0.717) is 31.0 Å². The molecule has 1 heterocycles. The lowest BCUT2D eigenvalue weighted by Gasteiger charge is -2.35. The number of esters is 1. The van der Waals surface area contributed by atoms with Crippen LogP contribution in [-0.2, 0) is 20.9 Å². The van der Waals surface area contributed by atoms with Crippen molar-refractivity contribution >= 4 is 33.7 Å². The first-order valence-electron chi connectivity index (χ1n) is 10.2. The van der Waals surface area contributed by atoms with E-state index in [9.17, 15) is 14.4 Å². The average molecular weight is 489 g/mol. The van der Waals surface area contributed by atoms with Crippen molar-refractivity contribution in [2.45, 2.75) is 32.4 Å². The number of ether oxygens (including phenoxy) is 2. The SMILES string of the molecule is CCCOc1ccc(Br)cc1C(=O)N1CCNC(=O)C1CC(=O)OCc1ccccc1. The van der Waals surface area contributed by atoms with E-state index in [2.05, 4.69) is 21.2 Å². The number of hydrogen-bond donors (Lipinski definition) is 1. The number of nitrogens with one attached hydrogen (secondary N) is 1. The molecule has 164 valence electrons. The average Bonchev–Trinajstić information content (AvgIpc) is 2.78. The van der Waals surface area contributed by atoms with Gasteiger partial charge in [-0.25, -0.2) is 0 Å². The molecule has 7 nitrogen and oxygen atoms in total. The van der Waals surface area contributed by atoms with Crippen molar-refractivity contribution in [1.29, 1.82) is 0 Å². The Morgan fingerprint density at radius 3 is 2.71 bits per heavy atom. The molecule has 3 rings (SSSR count). The summed E-state index contributed by atoms with van der Waals surface area (Å²) >= 11 is 3.39. The summed E-state index contributed by atoms with van der Waals surface area (Å²) in [6.07, 6.45) is 0.579. The zero-order chi connectivity index (χ0) is 22.2. The summed E-state index contributed by atoms with van der Waals surface area (Å²) in [4.78, 5) is 39.7. The van der Waals surface area contributed by atoms with Crippen molar-refractivity contribution in [1.82, 2.24) is 10.2 Å². The first-order valence-corrected chi connectivity index (χ1v) is 11.0. The molecular formula is C23H25BrN2O5. The fourth-order valence-corrected chi connectivity index (χ4v) is 3.64. The molecule has 0 aromatic heterocycles. The number of nitrogens with zero attached hydrogens (tertiary/aromatic N) is 1. The zero-order valence-electron chi connectivity index (χ0n) is 17.3. The summed E-state index contributed by atoms with van der Waals surface area (Å²) in [5.41, 5.74) is 1.20. The molecule has 1 aliphatic rings. The van der Waals surface area contributed by atoms with Gasteiger partial charge in [0.05, 0.1) is 18.6 Å². The largest absolute Gasteiger partial charge is 0.493 e. The number of benzene rings is 2. The highest BCUT2D eigenvalue weighted by molar-refractivity contribution is 9.10. The second kappa shape index (κ2) is 10.9. The molecule has 2 amide bonds. The molecule has 31 heavy (non-hydrogen) atoms. The molecule has 0 saturated carbocycles. The van der Waals surface area contributed by atoms with E-state index < -0.39 is 12.0 Å². The van der Waals surface area contributed by atoms with Crippen LogP contribution in [0.15, 0.2) is 53.0 Å². The highest BCUT2D eigenvalue weighted by Crippen LogP contribution is 2.26. The van der Waals surface area contributed by atoms with Gasteiger partial charge in [-0.1, -0.05) is 53.2 Å². The summed E-state index contributed by atoms with van der Waals surface area (Å²) in [6.45, 7) is 3.17. The Balaban J connectivity index is 1.74. The smallest absolute Gasteiger partial charge is 0.308 e. The van der Waals surface area contributed by atoms with Gasteiger partial charge < -0.3 is 19.7 Å². The minimum Gasteiger partial charge on any atom is -0.493 e. The lowest BCUT2D eigenvalue weighted by atomic mass is 10.1. The third-order valence-electron chi connectivity index (χ3n) is 4.83. The van der Waals surface area contributed by atoms with Gasteiger partial charge in [0, 0.05) is 17.6 Å². The fraction of sp³-hybridized carbons (Fsp3) is 0.348. The van der Waals surface area contributed by atoms with Gasteiger partial charge in [0.1, 0.15) is 18.4 Å². The molecule has 1 N–H and O–H groups in total.